The van der Waals surface area contributed by atoms with Crippen LogP contribution in [0.2, 0.25) is 18.1 Å². The lowest BCUT2D eigenvalue weighted by atomic mass is 10.2. The molecule has 0 saturated heterocycles. The molecule has 1 nitrogen and oxygen atoms in total. The molecule has 0 aliphatic rings. The Morgan fingerprint density at radius 1 is 0.850 bits per heavy atom. The molecular formula is C18H37NSi. The summed E-state index contributed by atoms with van der Waals surface area (Å²) >= 11 is 0. The first-order valence-corrected chi connectivity index (χ1v) is 11.6. The van der Waals surface area contributed by atoms with E-state index in [0.29, 0.717) is 0 Å². The highest BCUT2D eigenvalue weighted by Crippen LogP contribution is 2.25. The molecule has 0 aromatic heterocycles. The average Bonchev–Trinajstić information content (AvgIpc) is 2.43. The molecule has 0 atom stereocenters. The van der Waals surface area contributed by atoms with Gasteiger partial charge in [-0.2, -0.15) is 0 Å². The molecule has 0 bridgehead atoms. The highest BCUT2D eigenvalue weighted by molar-refractivity contribution is 6.86. The molecule has 20 heavy (non-hydrogen) atoms. The number of hydrogen-bond acceptors (Lipinski definition) is 1. The molecule has 0 aromatic rings. The molecule has 0 unspecified atom stereocenters. The summed E-state index contributed by atoms with van der Waals surface area (Å²) in [6.45, 7) is 10.1. The Morgan fingerprint density at radius 3 is 2.05 bits per heavy atom. The molecular weight excluding hydrogens is 258 g/mol. The van der Waals surface area contributed by atoms with Crippen molar-refractivity contribution in [2.75, 3.05) is 6.54 Å². The van der Waals surface area contributed by atoms with Gasteiger partial charge in [-0.15, -0.1) is 0 Å². The minimum Gasteiger partial charge on any atom is -0.298 e. The summed E-state index contributed by atoms with van der Waals surface area (Å²) in [5, 5.41) is 0. The summed E-state index contributed by atoms with van der Waals surface area (Å²) in [6, 6.07) is 4.11. The van der Waals surface area contributed by atoms with Crippen LogP contribution in [0.25, 0.3) is 0 Å². The van der Waals surface area contributed by atoms with Gasteiger partial charge in [-0.25, -0.2) is 0 Å². The summed E-state index contributed by atoms with van der Waals surface area (Å²) in [4.78, 5) is 4.68. The zero-order valence-corrected chi connectivity index (χ0v) is 15.5. The average molecular weight is 296 g/mol. The monoisotopic (exact) mass is 295 g/mol. The Morgan fingerprint density at radius 2 is 1.50 bits per heavy atom. The summed E-state index contributed by atoms with van der Waals surface area (Å²) in [6.07, 6.45) is 13.9. The molecule has 0 saturated carbocycles. The quantitative estimate of drug-likeness (QED) is 0.211. The predicted molar refractivity (Wildman–Crippen MR) is 97.7 cm³/mol. The van der Waals surface area contributed by atoms with Crippen LogP contribution >= 0.6 is 0 Å². The zero-order valence-electron chi connectivity index (χ0n) is 14.5. The molecule has 0 aromatic carbocycles. The van der Waals surface area contributed by atoms with Crippen LogP contribution in [0.15, 0.2) is 16.8 Å². The van der Waals surface area contributed by atoms with E-state index >= 15 is 0 Å². The molecule has 0 amide bonds. The lowest BCUT2D eigenvalue weighted by Crippen LogP contribution is -2.31. The molecule has 118 valence electrons. The van der Waals surface area contributed by atoms with E-state index in [1.807, 2.05) is 0 Å². The molecule has 0 N–H and O–H groups in total. The molecule has 0 radical (unpaired) electrons. The second-order valence-corrected chi connectivity index (χ2v) is 10.5. The number of aliphatic imine (C=N–C) groups is 1. The molecule has 0 aliphatic carbocycles. The van der Waals surface area contributed by atoms with Crippen molar-refractivity contribution in [2.24, 2.45) is 4.99 Å². The van der Waals surface area contributed by atoms with Crippen molar-refractivity contribution in [1.82, 2.24) is 0 Å². The highest BCUT2D eigenvalue weighted by atomic mass is 28.3. The Bertz CT molecular complexity index is 252. The van der Waals surface area contributed by atoms with Gasteiger partial charge in [0, 0.05) is 6.54 Å². The largest absolute Gasteiger partial charge is 0.298 e. The second-order valence-electron chi connectivity index (χ2n) is 6.07. The number of rotatable bonds is 13. The van der Waals surface area contributed by atoms with Crippen molar-refractivity contribution in [2.45, 2.75) is 90.8 Å². The summed E-state index contributed by atoms with van der Waals surface area (Å²) in [7, 11) is -1.21. The fourth-order valence-electron chi connectivity index (χ4n) is 3.06. The van der Waals surface area contributed by atoms with Gasteiger partial charge < -0.3 is 0 Å². The maximum atomic E-state index is 4.68. The molecule has 0 heterocycles. The molecule has 0 aliphatic heterocycles. The van der Waals surface area contributed by atoms with Crippen molar-refractivity contribution >= 4 is 14.3 Å². The van der Waals surface area contributed by atoms with Crippen LogP contribution in [0.4, 0.5) is 0 Å². The fraction of sp³-hybridized carbons (Fsp3) is 0.833. The first kappa shape index (κ1) is 19.6. The van der Waals surface area contributed by atoms with Crippen LogP contribution < -0.4 is 0 Å². The molecule has 0 spiro atoms. The number of nitrogens with zero attached hydrogens (tertiary/aromatic N) is 1. The van der Waals surface area contributed by atoms with Crippen LogP contribution in [0.5, 0.6) is 0 Å². The van der Waals surface area contributed by atoms with Gasteiger partial charge in [0.05, 0.1) is 8.07 Å². The minimum absolute atomic E-state index is 1.04. The predicted octanol–water partition coefficient (Wildman–Crippen LogP) is 6.41. The van der Waals surface area contributed by atoms with Crippen molar-refractivity contribution in [3.63, 3.8) is 0 Å². The van der Waals surface area contributed by atoms with Gasteiger partial charge in [0.25, 0.3) is 0 Å². The van der Waals surface area contributed by atoms with Gasteiger partial charge in [-0.05, 0) is 25.6 Å². The van der Waals surface area contributed by atoms with Gasteiger partial charge in [0.2, 0.25) is 0 Å². The highest BCUT2D eigenvalue weighted by Gasteiger charge is 2.26. The third-order valence-electron chi connectivity index (χ3n) is 4.03. The fourth-order valence-corrected chi connectivity index (χ4v) is 7.38. The summed E-state index contributed by atoms with van der Waals surface area (Å²) in [5.74, 6) is 0. The third-order valence-corrected chi connectivity index (χ3v) is 9.06. The number of hydrogen-bond donors (Lipinski definition) is 0. The second kappa shape index (κ2) is 13.6. The SMILES string of the molecule is CC=C[Si](CC=NCCCCCCC)(CCC)CCC. The molecule has 0 fully saturated rings. The zero-order chi connectivity index (χ0) is 15.1. The molecule has 2 heteroatoms. The van der Waals surface area contributed by atoms with E-state index in [1.165, 1.54) is 63.1 Å². The Labute approximate surface area is 129 Å². The molecule has 0 rings (SSSR count). The van der Waals surface area contributed by atoms with E-state index in [2.05, 4.69) is 50.7 Å². The van der Waals surface area contributed by atoms with Crippen LogP contribution in [-0.2, 0) is 0 Å². The van der Waals surface area contributed by atoms with Crippen LogP contribution in [0.1, 0.15) is 72.6 Å². The maximum absolute atomic E-state index is 4.68. The van der Waals surface area contributed by atoms with Crippen molar-refractivity contribution in [1.29, 1.82) is 0 Å². The first-order chi connectivity index (χ1) is 9.74. The van der Waals surface area contributed by atoms with E-state index in [0.717, 1.165) is 6.54 Å². The Balaban J connectivity index is 4.10. The lowest BCUT2D eigenvalue weighted by Gasteiger charge is -2.26. The third kappa shape index (κ3) is 9.52. The van der Waals surface area contributed by atoms with E-state index in [1.54, 1.807) is 0 Å². The number of unbranched alkanes of at least 4 members (excludes halogenated alkanes) is 4. The maximum Gasteiger partial charge on any atom is 0.0825 e. The van der Waals surface area contributed by atoms with Crippen molar-refractivity contribution in [3.8, 4) is 0 Å². The van der Waals surface area contributed by atoms with Gasteiger partial charge in [-0.3, -0.25) is 4.99 Å². The van der Waals surface area contributed by atoms with E-state index in [-0.39, 0.29) is 0 Å². The first-order valence-electron chi connectivity index (χ1n) is 8.86. The number of allylic oxidation sites excluding steroid dienone is 1. The van der Waals surface area contributed by atoms with Crippen molar-refractivity contribution < 1.29 is 0 Å². The van der Waals surface area contributed by atoms with Gasteiger partial charge >= 0.3 is 0 Å². The summed E-state index contributed by atoms with van der Waals surface area (Å²) < 4.78 is 0. The van der Waals surface area contributed by atoms with E-state index < -0.39 is 8.07 Å². The van der Waals surface area contributed by atoms with Gasteiger partial charge in [0.15, 0.2) is 0 Å². The smallest absolute Gasteiger partial charge is 0.0825 e. The van der Waals surface area contributed by atoms with Gasteiger partial charge in [0.1, 0.15) is 0 Å². The lowest BCUT2D eigenvalue weighted by molar-refractivity contribution is 0.639. The Kier molecular flexibility index (Phi) is 13.3. The minimum atomic E-state index is -1.21. The van der Waals surface area contributed by atoms with Crippen LogP contribution in [0, 0.1) is 0 Å². The van der Waals surface area contributed by atoms with Crippen molar-refractivity contribution in [3.05, 3.63) is 11.8 Å². The van der Waals surface area contributed by atoms with Gasteiger partial charge in [-0.1, -0.05) is 83.2 Å². The van der Waals surface area contributed by atoms with Crippen LogP contribution in [0.3, 0.4) is 0 Å². The standard InChI is InChI=1S/C18H37NSi/c1-5-9-10-11-12-13-19-14-18-20(15-6-2,16-7-3)17-8-4/h6,14-15H,5,7-13,16-18H2,1-4H3. The van der Waals surface area contributed by atoms with E-state index in [9.17, 15) is 0 Å². The normalized spacial score (nSPS) is 12.8. The topological polar surface area (TPSA) is 12.4 Å². The van der Waals surface area contributed by atoms with Crippen LogP contribution in [-0.4, -0.2) is 20.8 Å². The Hall–Kier alpha value is -0.373. The summed E-state index contributed by atoms with van der Waals surface area (Å²) in [5.41, 5.74) is 2.56. The van der Waals surface area contributed by atoms with E-state index in [4.69, 9.17) is 0 Å².